The summed E-state index contributed by atoms with van der Waals surface area (Å²) in [5.41, 5.74) is 0. The van der Waals surface area contributed by atoms with Gasteiger partial charge in [-0.15, -0.1) is 11.8 Å². The van der Waals surface area contributed by atoms with E-state index < -0.39 is 5.97 Å². The molecule has 82 valence electrons. The van der Waals surface area contributed by atoms with Gasteiger partial charge in [0, 0.05) is 14.6 Å². The van der Waals surface area contributed by atoms with Crippen molar-refractivity contribution >= 4 is 33.7 Å². The lowest BCUT2D eigenvalue weighted by molar-refractivity contribution is -0.136. The largest absolute Gasteiger partial charge is 0.481 e. The quantitative estimate of drug-likeness (QED) is 0.838. The monoisotopic (exact) mass is 288 g/mol. The standard InChI is InChI=1S/C11H13BrO2S/c1-2-9(7-11(13)14)15-10-5-3-4-8(12)6-10/h3-6,9H,2,7H2,1H3,(H,13,14). The lowest BCUT2D eigenvalue weighted by atomic mass is 10.2. The van der Waals surface area contributed by atoms with Gasteiger partial charge in [0.05, 0.1) is 6.42 Å². The maximum absolute atomic E-state index is 10.6. The third-order valence-electron chi connectivity index (χ3n) is 1.96. The molecule has 1 rings (SSSR count). The number of aliphatic carboxylic acids is 1. The van der Waals surface area contributed by atoms with Crippen molar-refractivity contribution in [2.45, 2.75) is 29.9 Å². The number of rotatable bonds is 5. The Bertz CT molecular complexity index is 341. The van der Waals surface area contributed by atoms with Crippen LogP contribution in [0.3, 0.4) is 0 Å². The normalized spacial score (nSPS) is 12.4. The summed E-state index contributed by atoms with van der Waals surface area (Å²) in [6.45, 7) is 2.01. The van der Waals surface area contributed by atoms with Crippen LogP contribution in [0.1, 0.15) is 19.8 Å². The van der Waals surface area contributed by atoms with Crippen molar-refractivity contribution in [2.24, 2.45) is 0 Å². The van der Waals surface area contributed by atoms with Crippen LogP contribution in [0.4, 0.5) is 0 Å². The van der Waals surface area contributed by atoms with Crippen molar-refractivity contribution in [2.75, 3.05) is 0 Å². The number of benzene rings is 1. The first-order chi connectivity index (χ1) is 7.11. The van der Waals surface area contributed by atoms with Crippen LogP contribution in [0.25, 0.3) is 0 Å². The van der Waals surface area contributed by atoms with Crippen LogP contribution in [0.2, 0.25) is 0 Å². The lowest BCUT2D eigenvalue weighted by Gasteiger charge is -2.11. The Kier molecular flexibility index (Phi) is 5.19. The zero-order chi connectivity index (χ0) is 11.3. The summed E-state index contributed by atoms with van der Waals surface area (Å²) in [7, 11) is 0. The molecular weight excluding hydrogens is 276 g/mol. The minimum absolute atomic E-state index is 0.150. The van der Waals surface area contributed by atoms with Crippen molar-refractivity contribution in [3.63, 3.8) is 0 Å². The van der Waals surface area contributed by atoms with Crippen LogP contribution in [0.5, 0.6) is 0 Å². The van der Waals surface area contributed by atoms with Gasteiger partial charge < -0.3 is 5.11 Å². The Hall–Kier alpha value is -0.480. The minimum atomic E-state index is -0.732. The molecule has 0 radical (unpaired) electrons. The molecule has 2 nitrogen and oxygen atoms in total. The Morgan fingerprint density at radius 1 is 1.60 bits per heavy atom. The van der Waals surface area contributed by atoms with E-state index in [1.165, 1.54) is 0 Å². The molecule has 1 N–H and O–H groups in total. The van der Waals surface area contributed by atoms with Crippen LogP contribution in [-0.4, -0.2) is 16.3 Å². The number of hydrogen-bond acceptors (Lipinski definition) is 2. The summed E-state index contributed by atoms with van der Waals surface area (Å²) in [5, 5.41) is 8.87. The Labute approximate surface area is 102 Å². The molecule has 1 atom stereocenters. The van der Waals surface area contributed by atoms with Gasteiger partial charge in [-0.1, -0.05) is 28.9 Å². The van der Waals surface area contributed by atoms with E-state index in [-0.39, 0.29) is 11.7 Å². The van der Waals surface area contributed by atoms with Crippen molar-refractivity contribution in [3.05, 3.63) is 28.7 Å². The van der Waals surface area contributed by atoms with Crippen molar-refractivity contribution in [1.29, 1.82) is 0 Å². The Morgan fingerprint density at radius 2 is 2.33 bits per heavy atom. The van der Waals surface area contributed by atoms with Crippen LogP contribution >= 0.6 is 27.7 Å². The van der Waals surface area contributed by atoms with Crippen molar-refractivity contribution < 1.29 is 9.90 Å². The fourth-order valence-corrected chi connectivity index (χ4v) is 2.88. The fraction of sp³-hybridized carbons (Fsp3) is 0.364. The van der Waals surface area contributed by atoms with E-state index in [0.717, 1.165) is 15.8 Å². The second-order valence-corrected chi connectivity index (χ2v) is 5.49. The highest BCUT2D eigenvalue weighted by molar-refractivity contribution is 9.10. The van der Waals surface area contributed by atoms with Gasteiger partial charge >= 0.3 is 5.97 Å². The number of carboxylic acids is 1. The average molecular weight is 289 g/mol. The van der Waals surface area contributed by atoms with E-state index in [0.29, 0.717) is 0 Å². The third kappa shape index (κ3) is 4.71. The SMILES string of the molecule is CCC(CC(=O)O)Sc1cccc(Br)c1. The van der Waals surface area contributed by atoms with Crippen LogP contribution in [0.15, 0.2) is 33.6 Å². The number of thioether (sulfide) groups is 1. The highest BCUT2D eigenvalue weighted by Crippen LogP contribution is 2.29. The van der Waals surface area contributed by atoms with Gasteiger partial charge in [0.2, 0.25) is 0 Å². The van der Waals surface area contributed by atoms with Crippen molar-refractivity contribution in [3.8, 4) is 0 Å². The number of carboxylic acid groups (broad SMARTS) is 1. The van der Waals surface area contributed by atoms with Crippen LogP contribution in [0, 0.1) is 0 Å². The first-order valence-electron chi connectivity index (χ1n) is 4.76. The van der Waals surface area contributed by atoms with E-state index in [4.69, 9.17) is 5.11 Å². The Morgan fingerprint density at radius 3 is 2.87 bits per heavy atom. The van der Waals surface area contributed by atoms with Gasteiger partial charge in [0.25, 0.3) is 0 Å². The lowest BCUT2D eigenvalue weighted by Crippen LogP contribution is -2.08. The molecule has 0 fully saturated rings. The zero-order valence-electron chi connectivity index (χ0n) is 8.44. The number of hydrogen-bond donors (Lipinski definition) is 1. The molecule has 4 heteroatoms. The average Bonchev–Trinajstić information content (AvgIpc) is 2.16. The summed E-state index contributed by atoms with van der Waals surface area (Å²) < 4.78 is 1.03. The minimum Gasteiger partial charge on any atom is -0.481 e. The van der Waals surface area contributed by atoms with Gasteiger partial charge in [-0.2, -0.15) is 0 Å². The fourth-order valence-electron chi connectivity index (χ4n) is 1.20. The summed E-state index contributed by atoms with van der Waals surface area (Å²) in [6, 6.07) is 7.93. The molecule has 0 aliphatic carbocycles. The second-order valence-electron chi connectivity index (χ2n) is 3.20. The summed E-state index contributed by atoms with van der Waals surface area (Å²) >= 11 is 5.02. The molecule has 0 aromatic heterocycles. The smallest absolute Gasteiger partial charge is 0.304 e. The molecule has 0 aliphatic heterocycles. The molecule has 0 heterocycles. The van der Waals surface area contributed by atoms with Crippen molar-refractivity contribution in [1.82, 2.24) is 0 Å². The molecule has 1 aromatic carbocycles. The van der Waals surface area contributed by atoms with Crippen LogP contribution < -0.4 is 0 Å². The molecule has 0 saturated heterocycles. The van der Waals surface area contributed by atoms with E-state index in [1.807, 2.05) is 31.2 Å². The Balaban J connectivity index is 2.62. The maximum atomic E-state index is 10.6. The molecule has 0 amide bonds. The van der Waals surface area contributed by atoms with Gasteiger partial charge in [-0.05, 0) is 24.6 Å². The van der Waals surface area contributed by atoms with E-state index in [1.54, 1.807) is 11.8 Å². The molecule has 1 aromatic rings. The van der Waals surface area contributed by atoms with Gasteiger partial charge in [-0.25, -0.2) is 0 Å². The third-order valence-corrected chi connectivity index (χ3v) is 3.81. The highest BCUT2D eigenvalue weighted by atomic mass is 79.9. The van der Waals surface area contributed by atoms with Gasteiger partial charge in [0.15, 0.2) is 0 Å². The molecule has 0 spiro atoms. The highest BCUT2D eigenvalue weighted by Gasteiger charge is 2.12. The predicted molar refractivity (Wildman–Crippen MR) is 66.3 cm³/mol. The molecular formula is C11H13BrO2S. The van der Waals surface area contributed by atoms with E-state index in [2.05, 4.69) is 15.9 Å². The topological polar surface area (TPSA) is 37.3 Å². The molecule has 0 bridgehead atoms. The molecule has 1 unspecified atom stereocenters. The molecule has 15 heavy (non-hydrogen) atoms. The number of carbonyl (C=O) groups is 1. The molecule has 0 aliphatic rings. The van der Waals surface area contributed by atoms with E-state index in [9.17, 15) is 4.79 Å². The summed E-state index contributed by atoms with van der Waals surface area (Å²) in [5.74, 6) is -0.732. The summed E-state index contributed by atoms with van der Waals surface area (Å²) in [4.78, 5) is 11.7. The number of halogens is 1. The maximum Gasteiger partial charge on any atom is 0.304 e. The first kappa shape index (κ1) is 12.6. The van der Waals surface area contributed by atoms with Gasteiger partial charge in [0.1, 0.15) is 0 Å². The first-order valence-corrected chi connectivity index (χ1v) is 6.43. The summed E-state index contributed by atoms with van der Waals surface area (Å²) in [6.07, 6.45) is 1.08. The predicted octanol–water partition coefficient (Wildman–Crippen LogP) is 3.79. The molecule has 0 saturated carbocycles. The van der Waals surface area contributed by atoms with Gasteiger partial charge in [-0.3, -0.25) is 4.79 Å². The van der Waals surface area contributed by atoms with Crippen LogP contribution in [-0.2, 0) is 4.79 Å². The second kappa shape index (κ2) is 6.18. The zero-order valence-corrected chi connectivity index (χ0v) is 10.8. The van der Waals surface area contributed by atoms with E-state index >= 15 is 0 Å².